The van der Waals surface area contributed by atoms with E-state index in [0.717, 1.165) is 0 Å². The summed E-state index contributed by atoms with van der Waals surface area (Å²) in [6.07, 6.45) is -1.09. The van der Waals surface area contributed by atoms with Crippen LogP contribution in [0.3, 0.4) is 0 Å². The van der Waals surface area contributed by atoms with E-state index in [2.05, 4.69) is 0 Å². The highest BCUT2D eigenvalue weighted by atomic mass is 19.1. The number of carboxylic acid groups (broad SMARTS) is 1. The van der Waals surface area contributed by atoms with Gasteiger partial charge >= 0.3 is 5.97 Å². The van der Waals surface area contributed by atoms with Crippen LogP contribution in [-0.2, 0) is 9.53 Å². The summed E-state index contributed by atoms with van der Waals surface area (Å²) in [4.78, 5) is 38.0. The molecule has 1 atom stereocenters. The molecule has 1 amide bonds. The molecule has 1 fully saturated rings. The van der Waals surface area contributed by atoms with Gasteiger partial charge in [-0.1, -0.05) is 18.2 Å². The fourth-order valence-corrected chi connectivity index (χ4v) is 2.78. The number of hydrogen-bond donors (Lipinski definition) is 1. The molecule has 134 valence electrons. The van der Waals surface area contributed by atoms with Crippen LogP contribution in [0.25, 0.3) is 0 Å². The first-order valence-corrected chi connectivity index (χ1v) is 8.00. The van der Waals surface area contributed by atoms with Crippen LogP contribution in [0.4, 0.5) is 4.39 Å². The lowest BCUT2D eigenvalue weighted by Crippen LogP contribution is -2.48. The normalized spacial score (nSPS) is 17.0. The lowest BCUT2D eigenvalue weighted by molar-refractivity contribution is -0.154. The molecule has 0 radical (unpaired) electrons. The van der Waals surface area contributed by atoms with Crippen molar-refractivity contribution in [2.45, 2.75) is 6.10 Å². The Kier molecular flexibility index (Phi) is 5.09. The molecule has 1 aliphatic rings. The molecule has 7 heteroatoms. The van der Waals surface area contributed by atoms with Crippen molar-refractivity contribution in [1.82, 2.24) is 4.90 Å². The SMILES string of the molecule is O=C(c1ccc(F)cc1)c1ccccc1C(=O)N1CCO[C@@H](C(=O)O)C1. The first-order chi connectivity index (χ1) is 12.5. The van der Waals surface area contributed by atoms with Crippen molar-refractivity contribution in [1.29, 1.82) is 0 Å². The van der Waals surface area contributed by atoms with Gasteiger partial charge in [-0.3, -0.25) is 9.59 Å². The van der Waals surface area contributed by atoms with E-state index in [0.29, 0.717) is 0 Å². The van der Waals surface area contributed by atoms with Gasteiger partial charge < -0.3 is 14.7 Å². The zero-order valence-corrected chi connectivity index (χ0v) is 13.7. The van der Waals surface area contributed by atoms with Crippen LogP contribution >= 0.6 is 0 Å². The Balaban J connectivity index is 1.89. The Bertz CT molecular complexity index is 849. The van der Waals surface area contributed by atoms with Gasteiger partial charge in [0, 0.05) is 17.7 Å². The van der Waals surface area contributed by atoms with Gasteiger partial charge in [0.1, 0.15) is 5.82 Å². The van der Waals surface area contributed by atoms with Crippen molar-refractivity contribution < 1.29 is 28.6 Å². The maximum atomic E-state index is 13.1. The van der Waals surface area contributed by atoms with E-state index >= 15 is 0 Å². The van der Waals surface area contributed by atoms with Gasteiger partial charge in [0.2, 0.25) is 0 Å². The van der Waals surface area contributed by atoms with Crippen LogP contribution < -0.4 is 0 Å². The Hall–Kier alpha value is -3.06. The number of aliphatic carboxylic acids is 1. The smallest absolute Gasteiger partial charge is 0.334 e. The third kappa shape index (κ3) is 3.62. The lowest BCUT2D eigenvalue weighted by atomic mass is 9.97. The molecule has 3 rings (SSSR count). The fourth-order valence-electron chi connectivity index (χ4n) is 2.78. The molecule has 0 aromatic heterocycles. The van der Waals surface area contributed by atoms with Crippen molar-refractivity contribution in [2.24, 2.45) is 0 Å². The number of ketones is 1. The number of carboxylic acids is 1. The highest BCUT2D eigenvalue weighted by molar-refractivity contribution is 6.15. The van der Waals surface area contributed by atoms with Gasteiger partial charge in [-0.05, 0) is 30.3 Å². The van der Waals surface area contributed by atoms with E-state index in [1.54, 1.807) is 12.1 Å². The molecule has 0 spiro atoms. The number of halogens is 1. The summed E-state index contributed by atoms with van der Waals surface area (Å²) in [5, 5.41) is 9.07. The zero-order valence-electron chi connectivity index (χ0n) is 13.7. The fraction of sp³-hybridized carbons (Fsp3) is 0.211. The number of ether oxygens (including phenoxy) is 1. The highest BCUT2D eigenvalue weighted by Crippen LogP contribution is 2.19. The predicted octanol–water partition coefficient (Wildman–Crippen LogP) is 1.98. The van der Waals surface area contributed by atoms with Crippen molar-refractivity contribution in [3.63, 3.8) is 0 Å². The quantitative estimate of drug-likeness (QED) is 0.846. The first-order valence-electron chi connectivity index (χ1n) is 8.00. The molecule has 2 aromatic carbocycles. The third-order valence-electron chi connectivity index (χ3n) is 4.14. The summed E-state index contributed by atoms with van der Waals surface area (Å²) in [5.74, 6) is -2.44. The molecule has 0 aliphatic carbocycles. The maximum Gasteiger partial charge on any atom is 0.334 e. The van der Waals surface area contributed by atoms with Crippen LogP contribution in [0.2, 0.25) is 0 Å². The maximum absolute atomic E-state index is 13.1. The van der Waals surface area contributed by atoms with Crippen molar-refractivity contribution in [2.75, 3.05) is 19.7 Å². The van der Waals surface area contributed by atoms with Crippen molar-refractivity contribution in [3.05, 3.63) is 71.0 Å². The van der Waals surface area contributed by atoms with Crippen molar-refractivity contribution in [3.8, 4) is 0 Å². The number of hydrogen-bond acceptors (Lipinski definition) is 4. The Morgan fingerprint density at radius 1 is 1.04 bits per heavy atom. The number of carbonyl (C=O) groups is 3. The number of rotatable bonds is 4. The number of amides is 1. The lowest BCUT2D eigenvalue weighted by Gasteiger charge is -2.31. The molecule has 1 N–H and O–H groups in total. The zero-order chi connectivity index (χ0) is 18.7. The summed E-state index contributed by atoms with van der Waals surface area (Å²) < 4.78 is 18.2. The minimum Gasteiger partial charge on any atom is -0.479 e. The molecule has 0 saturated carbocycles. The standard InChI is InChI=1S/C19H16FNO5/c20-13-7-5-12(6-8-13)17(22)14-3-1-2-4-15(14)18(23)21-9-10-26-16(11-21)19(24)25/h1-8,16H,9-11H2,(H,24,25)/t16-/m1/s1. The van der Waals surface area contributed by atoms with Crippen LogP contribution in [-0.4, -0.2) is 53.5 Å². The van der Waals surface area contributed by atoms with E-state index in [1.807, 2.05) is 0 Å². The van der Waals surface area contributed by atoms with E-state index < -0.39 is 29.6 Å². The molecular weight excluding hydrogens is 341 g/mol. The van der Waals surface area contributed by atoms with Crippen LogP contribution in [0.5, 0.6) is 0 Å². The number of benzene rings is 2. The summed E-state index contributed by atoms with van der Waals surface area (Å²) in [6, 6.07) is 11.4. The van der Waals surface area contributed by atoms with E-state index in [-0.39, 0.29) is 36.4 Å². The second-order valence-electron chi connectivity index (χ2n) is 5.83. The monoisotopic (exact) mass is 357 g/mol. The summed E-state index contributed by atoms with van der Waals surface area (Å²) in [7, 11) is 0. The third-order valence-corrected chi connectivity index (χ3v) is 4.14. The second kappa shape index (κ2) is 7.45. The van der Waals surface area contributed by atoms with Gasteiger partial charge in [-0.15, -0.1) is 0 Å². The summed E-state index contributed by atoms with van der Waals surface area (Å²) in [5.41, 5.74) is 0.618. The van der Waals surface area contributed by atoms with E-state index in [4.69, 9.17) is 9.84 Å². The second-order valence-corrected chi connectivity index (χ2v) is 5.83. The Morgan fingerprint density at radius 3 is 2.35 bits per heavy atom. The van der Waals surface area contributed by atoms with Gasteiger partial charge in [-0.25, -0.2) is 9.18 Å². The van der Waals surface area contributed by atoms with Gasteiger partial charge in [0.05, 0.1) is 18.7 Å². The van der Waals surface area contributed by atoms with Gasteiger partial charge in [0.25, 0.3) is 5.91 Å². The topological polar surface area (TPSA) is 83.9 Å². The van der Waals surface area contributed by atoms with E-state index in [1.165, 1.54) is 41.3 Å². The summed E-state index contributed by atoms with van der Waals surface area (Å²) >= 11 is 0. The van der Waals surface area contributed by atoms with Crippen LogP contribution in [0, 0.1) is 5.82 Å². The largest absolute Gasteiger partial charge is 0.479 e. The average Bonchev–Trinajstić information content (AvgIpc) is 2.67. The molecule has 26 heavy (non-hydrogen) atoms. The minimum absolute atomic E-state index is 0.0900. The van der Waals surface area contributed by atoms with Crippen molar-refractivity contribution >= 4 is 17.7 Å². The van der Waals surface area contributed by atoms with Gasteiger partial charge in [0.15, 0.2) is 11.9 Å². The Morgan fingerprint density at radius 2 is 1.69 bits per heavy atom. The molecule has 0 unspecified atom stereocenters. The van der Waals surface area contributed by atoms with Gasteiger partial charge in [-0.2, -0.15) is 0 Å². The average molecular weight is 357 g/mol. The first kappa shape index (κ1) is 17.8. The number of nitrogens with zero attached hydrogens (tertiary/aromatic N) is 1. The molecule has 0 bridgehead atoms. The minimum atomic E-state index is -1.14. The number of morpholine rings is 1. The molecule has 1 heterocycles. The molecule has 2 aromatic rings. The summed E-state index contributed by atoms with van der Waals surface area (Å²) in [6.45, 7) is 0.256. The predicted molar refractivity (Wildman–Crippen MR) is 89.6 cm³/mol. The molecule has 6 nitrogen and oxygen atoms in total. The van der Waals surface area contributed by atoms with E-state index in [9.17, 15) is 18.8 Å². The molecule has 1 saturated heterocycles. The molecular formula is C19H16FNO5. The highest BCUT2D eigenvalue weighted by Gasteiger charge is 2.31. The van der Waals surface area contributed by atoms with Crippen LogP contribution in [0.1, 0.15) is 26.3 Å². The molecule has 1 aliphatic heterocycles. The van der Waals surface area contributed by atoms with Crippen LogP contribution in [0.15, 0.2) is 48.5 Å². The Labute approximate surface area is 148 Å². The number of carbonyl (C=O) groups excluding carboxylic acids is 2.